The van der Waals surface area contributed by atoms with Gasteiger partial charge in [0.2, 0.25) is 21.8 Å². The number of nitrogens with one attached hydrogen (secondary N) is 1. The molecule has 0 radical (unpaired) electrons. The van der Waals surface area contributed by atoms with E-state index in [-0.39, 0.29) is 48.1 Å². The second-order valence-electron chi connectivity index (χ2n) is 9.06. The van der Waals surface area contributed by atoms with Crippen molar-refractivity contribution >= 4 is 21.8 Å². The summed E-state index contributed by atoms with van der Waals surface area (Å²) in [5, 5.41) is 3.04. The summed E-state index contributed by atoms with van der Waals surface area (Å²) in [6.45, 7) is 2.02. The molecule has 0 unspecified atom stereocenters. The van der Waals surface area contributed by atoms with Crippen molar-refractivity contribution in [3.05, 3.63) is 66.0 Å². The maximum atomic E-state index is 13.4. The van der Waals surface area contributed by atoms with Crippen molar-refractivity contribution in [1.29, 1.82) is 0 Å². The van der Waals surface area contributed by atoms with Crippen LogP contribution < -0.4 is 5.32 Å². The van der Waals surface area contributed by atoms with Gasteiger partial charge < -0.3 is 10.2 Å². The zero-order valence-electron chi connectivity index (χ0n) is 20.3. The first-order valence-electron chi connectivity index (χ1n) is 12.0. The van der Waals surface area contributed by atoms with Crippen LogP contribution in [0.15, 0.2) is 59.5 Å². The van der Waals surface area contributed by atoms with E-state index in [9.17, 15) is 22.4 Å². The Hall–Kier alpha value is -2.78. The molecule has 1 aliphatic carbocycles. The largest absolute Gasteiger partial charge is 0.352 e. The summed E-state index contributed by atoms with van der Waals surface area (Å²) in [6.07, 6.45) is 4.42. The van der Waals surface area contributed by atoms with Crippen LogP contribution >= 0.6 is 0 Å². The summed E-state index contributed by atoms with van der Waals surface area (Å²) in [7, 11) is -2.16. The molecular formula is C26H34FN3O4S. The molecule has 35 heavy (non-hydrogen) atoms. The van der Waals surface area contributed by atoms with Crippen LogP contribution in [0.3, 0.4) is 0 Å². The van der Waals surface area contributed by atoms with Gasteiger partial charge in [0.1, 0.15) is 11.9 Å². The lowest BCUT2D eigenvalue weighted by Gasteiger charge is -2.30. The first-order valence-corrected chi connectivity index (χ1v) is 13.5. The van der Waals surface area contributed by atoms with Gasteiger partial charge in [-0.2, -0.15) is 0 Å². The fraction of sp³-hybridized carbons (Fsp3) is 0.462. The van der Waals surface area contributed by atoms with Gasteiger partial charge in [0, 0.05) is 32.6 Å². The zero-order chi connectivity index (χ0) is 25.4. The highest BCUT2D eigenvalue weighted by atomic mass is 32.2. The molecule has 1 fully saturated rings. The topological polar surface area (TPSA) is 86.8 Å². The molecule has 0 spiro atoms. The van der Waals surface area contributed by atoms with Crippen molar-refractivity contribution in [2.24, 2.45) is 0 Å². The van der Waals surface area contributed by atoms with E-state index in [0.717, 1.165) is 25.7 Å². The number of hydrogen-bond acceptors (Lipinski definition) is 4. The van der Waals surface area contributed by atoms with Gasteiger partial charge in [-0.25, -0.2) is 17.1 Å². The van der Waals surface area contributed by atoms with Gasteiger partial charge in [-0.3, -0.25) is 9.59 Å². The molecule has 1 atom stereocenters. The molecule has 0 aliphatic heterocycles. The molecule has 0 aromatic heterocycles. The smallest absolute Gasteiger partial charge is 0.242 e. The number of carbonyl (C=O) groups excluding carboxylic acids is 2. The number of halogens is 1. The predicted octanol–water partition coefficient (Wildman–Crippen LogP) is 3.70. The van der Waals surface area contributed by atoms with Crippen LogP contribution in [0.1, 0.15) is 51.0 Å². The first kappa shape index (κ1) is 26.8. The summed E-state index contributed by atoms with van der Waals surface area (Å²) >= 11 is 0. The van der Waals surface area contributed by atoms with Crippen LogP contribution in [0.5, 0.6) is 0 Å². The van der Waals surface area contributed by atoms with E-state index >= 15 is 0 Å². The van der Waals surface area contributed by atoms with Gasteiger partial charge in [-0.1, -0.05) is 43.2 Å². The first-order chi connectivity index (χ1) is 16.7. The number of sulfonamides is 1. The number of benzene rings is 2. The van der Waals surface area contributed by atoms with Gasteiger partial charge in [0.25, 0.3) is 0 Å². The maximum Gasteiger partial charge on any atom is 0.242 e. The van der Waals surface area contributed by atoms with Gasteiger partial charge >= 0.3 is 0 Å². The molecule has 3 rings (SSSR count). The molecule has 2 aromatic carbocycles. The van der Waals surface area contributed by atoms with Gasteiger partial charge in [0.15, 0.2) is 0 Å². The van der Waals surface area contributed by atoms with Crippen LogP contribution in [-0.4, -0.2) is 55.1 Å². The van der Waals surface area contributed by atoms with Crippen molar-refractivity contribution in [2.75, 3.05) is 13.6 Å². The normalized spacial score (nSPS) is 15.2. The van der Waals surface area contributed by atoms with Crippen LogP contribution in [0.2, 0.25) is 0 Å². The molecular weight excluding hydrogens is 469 g/mol. The number of amides is 2. The summed E-state index contributed by atoms with van der Waals surface area (Å²) in [5.41, 5.74) is 0.712. The van der Waals surface area contributed by atoms with E-state index in [1.807, 2.05) is 0 Å². The Morgan fingerprint density at radius 3 is 2.31 bits per heavy atom. The lowest BCUT2D eigenvalue weighted by atomic mass is 10.1. The van der Waals surface area contributed by atoms with Crippen molar-refractivity contribution in [3.63, 3.8) is 0 Å². The average Bonchev–Trinajstić information content (AvgIpc) is 3.36. The second-order valence-corrected chi connectivity index (χ2v) is 11.1. The monoisotopic (exact) mass is 503 g/mol. The van der Waals surface area contributed by atoms with Crippen molar-refractivity contribution in [1.82, 2.24) is 14.5 Å². The second kappa shape index (κ2) is 12.3. The van der Waals surface area contributed by atoms with Crippen LogP contribution in [-0.2, 0) is 26.2 Å². The summed E-state index contributed by atoms with van der Waals surface area (Å²) in [4.78, 5) is 27.8. The van der Waals surface area contributed by atoms with Crippen LogP contribution in [0, 0.1) is 5.82 Å². The van der Waals surface area contributed by atoms with E-state index in [2.05, 4.69) is 5.32 Å². The maximum absolute atomic E-state index is 13.4. The molecule has 2 aromatic rings. The van der Waals surface area contributed by atoms with E-state index in [1.165, 1.54) is 40.5 Å². The highest BCUT2D eigenvalue weighted by Gasteiger charge is 2.28. The Labute approximate surface area is 207 Å². The summed E-state index contributed by atoms with van der Waals surface area (Å²) < 4.78 is 40.0. The van der Waals surface area contributed by atoms with E-state index in [4.69, 9.17) is 0 Å². The minimum atomic E-state index is -3.64. The zero-order valence-corrected chi connectivity index (χ0v) is 21.1. The molecule has 1 saturated carbocycles. The Morgan fingerprint density at radius 1 is 1.06 bits per heavy atom. The minimum absolute atomic E-state index is 0.0803. The fourth-order valence-corrected chi connectivity index (χ4v) is 5.48. The average molecular weight is 504 g/mol. The third-order valence-corrected chi connectivity index (χ3v) is 8.32. The quantitative estimate of drug-likeness (QED) is 0.507. The third-order valence-electron chi connectivity index (χ3n) is 6.45. The summed E-state index contributed by atoms with van der Waals surface area (Å²) in [5.74, 6) is -0.841. The van der Waals surface area contributed by atoms with Crippen LogP contribution in [0.25, 0.3) is 0 Å². The molecule has 1 aliphatic rings. The van der Waals surface area contributed by atoms with Crippen molar-refractivity contribution < 1.29 is 22.4 Å². The van der Waals surface area contributed by atoms with Crippen molar-refractivity contribution in [2.45, 2.75) is 69.0 Å². The van der Waals surface area contributed by atoms with Gasteiger partial charge in [-0.05, 0) is 56.0 Å². The standard InChI is InChI=1S/C26H34FN3O4S/c1-20(26(32)28-23-9-6-7-10-23)30(19-21-14-16-22(27)17-15-21)25(31)13-8-18-29(2)35(33,34)24-11-4-3-5-12-24/h3-5,11-12,14-17,20,23H,6-10,13,18-19H2,1-2H3,(H,28,32)/t20-/m1/s1. The van der Waals surface area contributed by atoms with E-state index in [0.29, 0.717) is 12.0 Å². The highest BCUT2D eigenvalue weighted by molar-refractivity contribution is 7.89. The Bertz CT molecular complexity index is 1090. The Morgan fingerprint density at radius 2 is 1.69 bits per heavy atom. The van der Waals surface area contributed by atoms with Gasteiger partial charge in [-0.15, -0.1) is 0 Å². The molecule has 0 heterocycles. The van der Waals surface area contributed by atoms with Gasteiger partial charge in [0.05, 0.1) is 4.90 Å². The minimum Gasteiger partial charge on any atom is -0.352 e. The SMILES string of the molecule is C[C@H](C(=O)NC1CCCC1)N(Cc1ccc(F)cc1)C(=O)CCCN(C)S(=O)(=O)c1ccccc1. The number of carbonyl (C=O) groups is 2. The molecule has 1 N–H and O–H groups in total. The van der Waals surface area contributed by atoms with Crippen LogP contribution in [0.4, 0.5) is 4.39 Å². The predicted molar refractivity (Wildman–Crippen MR) is 132 cm³/mol. The fourth-order valence-electron chi connectivity index (χ4n) is 4.25. The number of nitrogens with zero attached hydrogens (tertiary/aromatic N) is 2. The number of rotatable bonds is 11. The number of hydrogen-bond donors (Lipinski definition) is 1. The van der Waals surface area contributed by atoms with E-state index < -0.39 is 16.1 Å². The molecule has 7 nitrogen and oxygen atoms in total. The van der Waals surface area contributed by atoms with E-state index in [1.54, 1.807) is 37.3 Å². The lowest BCUT2D eigenvalue weighted by molar-refractivity contribution is -0.141. The Kier molecular flexibility index (Phi) is 9.40. The molecule has 9 heteroatoms. The highest BCUT2D eigenvalue weighted by Crippen LogP contribution is 2.19. The van der Waals surface area contributed by atoms with Crippen molar-refractivity contribution in [3.8, 4) is 0 Å². The Balaban J connectivity index is 1.64. The summed E-state index contributed by atoms with van der Waals surface area (Å²) in [6, 6.07) is 13.4. The molecule has 0 saturated heterocycles. The lowest BCUT2D eigenvalue weighted by Crippen LogP contribution is -2.49. The molecule has 190 valence electrons. The molecule has 2 amide bonds. The third kappa shape index (κ3) is 7.35. The molecule has 0 bridgehead atoms.